The van der Waals surface area contributed by atoms with E-state index >= 15 is 0 Å². The van der Waals surface area contributed by atoms with Crippen LogP contribution in [0.2, 0.25) is 0 Å². The Morgan fingerprint density at radius 3 is 3.08 bits per heavy atom. The summed E-state index contributed by atoms with van der Waals surface area (Å²) in [6.07, 6.45) is 4.68. The third kappa shape index (κ3) is 3.52. The van der Waals surface area contributed by atoms with Crippen molar-refractivity contribution in [3.8, 4) is 0 Å². The van der Waals surface area contributed by atoms with Gasteiger partial charge in [-0.1, -0.05) is 6.07 Å². The third-order valence-corrected chi connectivity index (χ3v) is 4.78. The van der Waals surface area contributed by atoms with Gasteiger partial charge in [0.15, 0.2) is 5.69 Å². The fourth-order valence-corrected chi connectivity index (χ4v) is 3.10. The molecule has 2 aliphatic rings. The van der Waals surface area contributed by atoms with E-state index in [1.807, 2.05) is 13.0 Å². The van der Waals surface area contributed by atoms with Gasteiger partial charge in [0.2, 0.25) is 5.95 Å². The molecule has 1 N–H and O–H groups in total. The van der Waals surface area contributed by atoms with Gasteiger partial charge in [0.05, 0.1) is 18.8 Å². The molecule has 2 fully saturated rings. The molecule has 0 aromatic carbocycles. The maximum atomic E-state index is 14.6. The fourth-order valence-electron chi connectivity index (χ4n) is 3.10. The first-order chi connectivity index (χ1) is 12.1. The van der Waals surface area contributed by atoms with Crippen molar-refractivity contribution in [2.45, 2.75) is 38.3 Å². The van der Waals surface area contributed by atoms with Crippen LogP contribution in [0.5, 0.6) is 0 Å². The molecule has 1 amide bonds. The minimum Gasteiger partial charge on any atom is -0.379 e. The number of aryl methyl sites for hydroxylation is 1. The van der Waals surface area contributed by atoms with E-state index < -0.39 is 11.9 Å². The first-order valence-electron chi connectivity index (χ1n) is 8.76. The second-order valence-corrected chi connectivity index (χ2v) is 6.94. The highest BCUT2D eigenvalue weighted by atomic mass is 19.1. The Balaban J connectivity index is 1.48. The van der Waals surface area contributed by atoms with Crippen LogP contribution in [-0.4, -0.2) is 47.3 Å². The maximum absolute atomic E-state index is 14.6. The number of halogens is 1. The Morgan fingerprint density at radius 1 is 1.44 bits per heavy atom. The van der Waals surface area contributed by atoms with Crippen LogP contribution in [0.4, 0.5) is 4.39 Å². The number of carbonyl (C=O) groups excluding carboxylic acids is 1. The summed E-state index contributed by atoms with van der Waals surface area (Å²) in [6.45, 7) is 3.57. The number of hydrogen-bond donors (Lipinski definition) is 1. The van der Waals surface area contributed by atoms with E-state index in [1.54, 1.807) is 12.3 Å². The van der Waals surface area contributed by atoms with Gasteiger partial charge in [0, 0.05) is 19.4 Å². The number of hydrogen-bond acceptors (Lipinski definition) is 4. The van der Waals surface area contributed by atoms with E-state index in [0.717, 1.165) is 18.6 Å². The molecule has 2 aromatic rings. The van der Waals surface area contributed by atoms with Crippen LogP contribution in [-0.2, 0) is 9.47 Å². The standard InChI is InChI=1S/C18H22FN3O3/c1-11-2-5-15-21-16(17(19)22(15)8-11)18(23)20-13-10-24-7-6-14(13)25-9-12-3-4-12/h2,5,8,12-14H,3-4,6-7,9-10H2,1H3,(H,20,23)/t13-,14+/m1/s1. The molecule has 0 bridgehead atoms. The van der Waals surface area contributed by atoms with Crippen LogP contribution < -0.4 is 5.32 Å². The van der Waals surface area contributed by atoms with Gasteiger partial charge < -0.3 is 14.8 Å². The molecule has 7 heteroatoms. The summed E-state index contributed by atoms with van der Waals surface area (Å²) >= 11 is 0. The summed E-state index contributed by atoms with van der Waals surface area (Å²) in [7, 11) is 0. The number of pyridine rings is 1. The Hall–Kier alpha value is -1.99. The van der Waals surface area contributed by atoms with Crippen LogP contribution in [0.1, 0.15) is 35.3 Å². The second kappa shape index (κ2) is 6.72. The molecule has 0 unspecified atom stereocenters. The highest BCUT2D eigenvalue weighted by Crippen LogP contribution is 2.30. The van der Waals surface area contributed by atoms with Crippen LogP contribution in [0.25, 0.3) is 5.65 Å². The normalized spacial score (nSPS) is 23.8. The number of nitrogens with one attached hydrogen (secondary N) is 1. The first-order valence-corrected chi connectivity index (χ1v) is 8.76. The number of aromatic nitrogens is 2. The molecule has 2 aromatic heterocycles. The zero-order valence-corrected chi connectivity index (χ0v) is 14.2. The van der Waals surface area contributed by atoms with Crippen molar-refractivity contribution in [3.63, 3.8) is 0 Å². The van der Waals surface area contributed by atoms with E-state index in [4.69, 9.17) is 9.47 Å². The van der Waals surface area contributed by atoms with Crippen molar-refractivity contribution in [1.82, 2.24) is 14.7 Å². The molecule has 25 heavy (non-hydrogen) atoms. The van der Waals surface area contributed by atoms with E-state index in [2.05, 4.69) is 10.3 Å². The van der Waals surface area contributed by atoms with Crippen LogP contribution in [0, 0.1) is 18.8 Å². The largest absolute Gasteiger partial charge is 0.379 e. The van der Waals surface area contributed by atoms with E-state index in [1.165, 1.54) is 17.2 Å². The van der Waals surface area contributed by atoms with Crippen LogP contribution in [0.15, 0.2) is 18.3 Å². The van der Waals surface area contributed by atoms with E-state index in [-0.39, 0.29) is 17.8 Å². The van der Waals surface area contributed by atoms with Gasteiger partial charge in [0.25, 0.3) is 5.91 Å². The molecule has 1 aliphatic heterocycles. The molecule has 0 spiro atoms. The average Bonchev–Trinajstić information content (AvgIpc) is 3.38. The lowest BCUT2D eigenvalue weighted by molar-refractivity contribution is -0.0568. The smallest absolute Gasteiger partial charge is 0.275 e. The summed E-state index contributed by atoms with van der Waals surface area (Å²) in [6, 6.07) is 3.24. The van der Waals surface area contributed by atoms with Crippen molar-refractivity contribution < 1.29 is 18.7 Å². The van der Waals surface area contributed by atoms with Gasteiger partial charge >= 0.3 is 0 Å². The Bertz CT molecular complexity index is 787. The Labute approximate surface area is 145 Å². The van der Waals surface area contributed by atoms with Crippen LogP contribution >= 0.6 is 0 Å². The molecular weight excluding hydrogens is 325 g/mol. The molecule has 2 atom stereocenters. The number of fused-ring (bicyclic) bond motifs is 1. The highest BCUT2D eigenvalue weighted by Gasteiger charge is 2.32. The zero-order chi connectivity index (χ0) is 17.4. The topological polar surface area (TPSA) is 64.9 Å². The molecule has 6 nitrogen and oxygen atoms in total. The first kappa shape index (κ1) is 16.5. The minimum atomic E-state index is -0.650. The lowest BCUT2D eigenvalue weighted by Crippen LogP contribution is -2.51. The Kier molecular flexibility index (Phi) is 4.43. The number of amides is 1. The van der Waals surface area contributed by atoms with Gasteiger partial charge in [-0.05, 0) is 43.7 Å². The SMILES string of the molecule is Cc1ccc2nc(C(=O)N[C@@H]3COCC[C@@H]3OCC3CC3)c(F)n2c1. The van der Waals surface area contributed by atoms with Crippen LogP contribution in [0.3, 0.4) is 0 Å². The van der Waals surface area contributed by atoms with E-state index in [9.17, 15) is 9.18 Å². The van der Waals surface area contributed by atoms with Gasteiger partial charge in [-0.3, -0.25) is 9.20 Å². The summed E-state index contributed by atoms with van der Waals surface area (Å²) in [4.78, 5) is 16.7. The van der Waals surface area contributed by atoms with Crippen molar-refractivity contribution in [3.05, 3.63) is 35.5 Å². The van der Waals surface area contributed by atoms with Crippen molar-refractivity contribution in [2.75, 3.05) is 19.8 Å². The predicted molar refractivity (Wildman–Crippen MR) is 89.0 cm³/mol. The van der Waals surface area contributed by atoms with Crippen molar-refractivity contribution in [2.24, 2.45) is 5.92 Å². The van der Waals surface area contributed by atoms with Crippen molar-refractivity contribution in [1.29, 1.82) is 0 Å². The molecule has 1 aliphatic carbocycles. The number of ether oxygens (including phenoxy) is 2. The minimum absolute atomic E-state index is 0.0966. The van der Waals surface area contributed by atoms with Gasteiger partial charge in [0.1, 0.15) is 5.65 Å². The molecule has 1 saturated heterocycles. The average molecular weight is 347 g/mol. The summed E-state index contributed by atoms with van der Waals surface area (Å²) in [5, 5.41) is 2.84. The quantitative estimate of drug-likeness (QED) is 0.900. The second-order valence-electron chi connectivity index (χ2n) is 6.94. The summed E-state index contributed by atoms with van der Waals surface area (Å²) in [5.74, 6) is -0.531. The van der Waals surface area contributed by atoms with Gasteiger partial charge in [-0.2, -0.15) is 4.39 Å². The van der Waals surface area contributed by atoms with Gasteiger partial charge in [-0.25, -0.2) is 4.98 Å². The highest BCUT2D eigenvalue weighted by molar-refractivity contribution is 5.93. The number of carbonyl (C=O) groups is 1. The monoisotopic (exact) mass is 347 g/mol. The molecule has 3 heterocycles. The molecule has 1 saturated carbocycles. The number of nitrogens with zero attached hydrogens (tertiary/aromatic N) is 2. The molecule has 4 rings (SSSR count). The third-order valence-electron chi connectivity index (χ3n) is 4.78. The lowest BCUT2D eigenvalue weighted by Gasteiger charge is -2.32. The molecular formula is C18H22FN3O3. The summed E-state index contributed by atoms with van der Waals surface area (Å²) in [5.41, 5.74) is 1.11. The predicted octanol–water partition coefficient (Wildman–Crippen LogP) is 2.10. The lowest BCUT2D eigenvalue weighted by atomic mass is 10.1. The maximum Gasteiger partial charge on any atom is 0.275 e. The molecule has 134 valence electrons. The molecule has 0 radical (unpaired) electrons. The van der Waals surface area contributed by atoms with Crippen molar-refractivity contribution >= 4 is 11.6 Å². The zero-order valence-electron chi connectivity index (χ0n) is 14.2. The van der Waals surface area contributed by atoms with Gasteiger partial charge in [-0.15, -0.1) is 0 Å². The Morgan fingerprint density at radius 2 is 2.28 bits per heavy atom. The van der Waals surface area contributed by atoms with E-state index in [0.29, 0.717) is 24.8 Å². The summed E-state index contributed by atoms with van der Waals surface area (Å²) < 4.78 is 27.3. The fraction of sp³-hybridized carbons (Fsp3) is 0.556. The number of imidazole rings is 1. The number of rotatable bonds is 5.